The van der Waals surface area contributed by atoms with E-state index in [1.54, 1.807) is 18.5 Å². The van der Waals surface area contributed by atoms with E-state index in [1.807, 2.05) is 18.2 Å². The second kappa shape index (κ2) is 12.1. The van der Waals surface area contributed by atoms with Gasteiger partial charge in [0.2, 0.25) is 5.95 Å². The first kappa shape index (κ1) is 25.7. The third-order valence-electron chi connectivity index (χ3n) is 6.48. The highest BCUT2D eigenvalue weighted by molar-refractivity contribution is 7.99. The van der Waals surface area contributed by atoms with E-state index in [0.29, 0.717) is 54.2 Å². The first-order valence-corrected chi connectivity index (χ1v) is 13.4. The molecule has 0 bridgehead atoms. The van der Waals surface area contributed by atoms with Crippen LogP contribution in [-0.2, 0) is 14.9 Å². The third-order valence-corrected chi connectivity index (χ3v) is 7.54. The molecule has 2 fully saturated rings. The number of anilines is 2. The van der Waals surface area contributed by atoms with Crippen molar-refractivity contribution in [3.63, 3.8) is 0 Å². The van der Waals surface area contributed by atoms with Crippen molar-refractivity contribution >= 4 is 40.9 Å². The third kappa shape index (κ3) is 6.69. The van der Waals surface area contributed by atoms with Crippen LogP contribution in [0.1, 0.15) is 18.4 Å². The molecule has 0 atom stereocenters. The first-order valence-electron chi connectivity index (χ1n) is 12.1. The zero-order valence-electron chi connectivity index (χ0n) is 20.2. The molecule has 0 aliphatic carbocycles. The molecule has 5 rings (SSSR count). The summed E-state index contributed by atoms with van der Waals surface area (Å²) in [7, 11) is 0. The van der Waals surface area contributed by atoms with Gasteiger partial charge in [0.15, 0.2) is 10.3 Å². The maximum atomic E-state index is 13.6. The SMILES string of the molecule is Fc1ccc(C2(CNC(=S)Nc3nc(Sc4ncccn4)cc(N4CCOCC4)n3)CCOCC2)cc1. The van der Waals surface area contributed by atoms with E-state index in [0.717, 1.165) is 37.3 Å². The highest BCUT2D eigenvalue weighted by Crippen LogP contribution is 2.34. The van der Waals surface area contributed by atoms with Crippen molar-refractivity contribution in [2.45, 2.75) is 28.4 Å². The molecule has 2 aliphatic heterocycles. The molecule has 2 saturated heterocycles. The van der Waals surface area contributed by atoms with Crippen LogP contribution >= 0.6 is 24.0 Å². The molecule has 0 amide bonds. The van der Waals surface area contributed by atoms with Gasteiger partial charge in [0, 0.05) is 56.7 Å². The predicted octanol–water partition coefficient (Wildman–Crippen LogP) is 3.43. The summed E-state index contributed by atoms with van der Waals surface area (Å²) in [4.78, 5) is 20.1. The summed E-state index contributed by atoms with van der Waals surface area (Å²) >= 11 is 7.00. The summed E-state index contributed by atoms with van der Waals surface area (Å²) in [6.45, 7) is 4.65. The molecule has 0 saturated carbocycles. The molecule has 0 spiro atoms. The lowest BCUT2D eigenvalue weighted by Gasteiger charge is -2.38. The molecule has 3 aromatic rings. The fraction of sp³-hybridized carbons (Fsp3) is 0.400. The Morgan fingerprint density at radius 2 is 1.73 bits per heavy atom. The van der Waals surface area contributed by atoms with E-state index in [9.17, 15) is 4.39 Å². The van der Waals surface area contributed by atoms with Gasteiger partial charge in [0.1, 0.15) is 16.7 Å². The molecule has 0 radical (unpaired) electrons. The summed E-state index contributed by atoms with van der Waals surface area (Å²) in [5.41, 5.74) is 0.861. The monoisotopic (exact) mass is 541 g/mol. The van der Waals surface area contributed by atoms with Gasteiger partial charge < -0.3 is 25.0 Å². The van der Waals surface area contributed by atoms with Crippen LogP contribution in [0.5, 0.6) is 0 Å². The lowest BCUT2D eigenvalue weighted by Crippen LogP contribution is -2.45. The van der Waals surface area contributed by atoms with Crippen molar-refractivity contribution in [3.8, 4) is 0 Å². The van der Waals surface area contributed by atoms with Crippen molar-refractivity contribution in [3.05, 3.63) is 60.2 Å². The van der Waals surface area contributed by atoms with Crippen LogP contribution in [0.25, 0.3) is 0 Å². The second-order valence-electron chi connectivity index (χ2n) is 8.83. The van der Waals surface area contributed by atoms with Crippen molar-refractivity contribution in [2.75, 3.05) is 56.3 Å². The molecule has 12 heteroatoms. The Labute approximate surface area is 224 Å². The number of halogens is 1. The summed E-state index contributed by atoms with van der Waals surface area (Å²) in [6.07, 6.45) is 5.03. The lowest BCUT2D eigenvalue weighted by atomic mass is 9.74. The van der Waals surface area contributed by atoms with E-state index in [4.69, 9.17) is 26.7 Å². The molecule has 4 heterocycles. The minimum absolute atomic E-state index is 0.208. The molecule has 2 aromatic heterocycles. The number of aromatic nitrogens is 4. The lowest BCUT2D eigenvalue weighted by molar-refractivity contribution is 0.0515. The number of nitrogens with one attached hydrogen (secondary N) is 2. The maximum Gasteiger partial charge on any atom is 0.232 e. The summed E-state index contributed by atoms with van der Waals surface area (Å²) < 4.78 is 24.7. The van der Waals surface area contributed by atoms with Crippen LogP contribution in [0.4, 0.5) is 16.2 Å². The standard InChI is InChI=1S/C25H28FN7O2S2/c26-19-4-2-18(3-5-19)25(6-12-34-13-7-25)17-29-23(36)32-22-30-20(33-10-14-35-15-11-33)16-21(31-22)37-24-27-8-1-9-28-24/h1-5,8-9,16H,6-7,10-15,17H2,(H2,29,30,31,32,36). The molecular weight excluding hydrogens is 513 g/mol. The van der Waals surface area contributed by atoms with Gasteiger partial charge in [-0.25, -0.2) is 19.3 Å². The zero-order chi connectivity index (χ0) is 25.5. The number of nitrogens with zero attached hydrogens (tertiary/aromatic N) is 5. The van der Waals surface area contributed by atoms with Crippen LogP contribution in [0, 0.1) is 5.82 Å². The molecule has 9 nitrogen and oxygen atoms in total. The van der Waals surface area contributed by atoms with Gasteiger partial charge in [-0.05, 0) is 60.6 Å². The maximum absolute atomic E-state index is 13.6. The van der Waals surface area contributed by atoms with Crippen LogP contribution in [0.15, 0.2) is 59.0 Å². The number of thiocarbonyl (C=S) groups is 1. The minimum Gasteiger partial charge on any atom is -0.381 e. The normalized spacial score (nSPS) is 17.3. The number of ether oxygens (including phenoxy) is 2. The van der Waals surface area contributed by atoms with Crippen molar-refractivity contribution < 1.29 is 13.9 Å². The van der Waals surface area contributed by atoms with E-state index in [-0.39, 0.29) is 11.2 Å². The fourth-order valence-corrected chi connectivity index (χ4v) is 5.31. The topological polar surface area (TPSA) is 97.3 Å². The van der Waals surface area contributed by atoms with Crippen molar-refractivity contribution in [2.24, 2.45) is 0 Å². The number of rotatable bonds is 7. The van der Waals surface area contributed by atoms with Gasteiger partial charge >= 0.3 is 0 Å². The van der Waals surface area contributed by atoms with E-state index in [2.05, 4.69) is 30.5 Å². The Morgan fingerprint density at radius 3 is 2.46 bits per heavy atom. The molecular formula is C25H28FN7O2S2. The highest BCUT2D eigenvalue weighted by atomic mass is 32.2. The summed E-state index contributed by atoms with van der Waals surface area (Å²) in [5.74, 6) is 0.931. The molecule has 2 aliphatic rings. The number of hydrogen-bond donors (Lipinski definition) is 2. The second-order valence-corrected chi connectivity index (χ2v) is 10.2. The van der Waals surface area contributed by atoms with Crippen LogP contribution in [0.2, 0.25) is 0 Å². The predicted molar refractivity (Wildman–Crippen MR) is 144 cm³/mol. The van der Waals surface area contributed by atoms with E-state index in [1.165, 1.54) is 23.9 Å². The smallest absolute Gasteiger partial charge is 0.232 e. The van der Waals surface area contributed by atoms with Crippen LogP contribution in [0.3, 0.4) is 0 Å². The molecule has 2 N–H and O–H groups in total. The average Bonchev–Trinajstić information content (AvgIpc) is 2.94. The van der Waals surface area contributed by atoms with E-state index >= 15 is 0 Å². The summed E-state index contributed by atoms with van der Waals surface area (Å²) in [5, 5.41) is 8.23. The van der Waals surface area contributed by atoms with Gasteiger partial charge in [-0.1, -0.05) is 12.1 Å². The Morgan fingerprint density at radius 1 is 1.03 bits per heavy atom. The largest absolute Gasteiger partial charge is 0.381 e. The quantitative estimate of drug-likeness (QED) is 0.262. The molecule has 1 aromatic carbocycles. The minimum atomic E-state index is -0.247. The van der Waals surface area contributed by atoms with Gasteiger partial charge in [-0.15, -0.1) is 0 Å². The van der Waals surface area contributed by atoms with Crippen LogP contribution < -0.4 is 15.5 Å². The Balaban J connectivity index is 1.32. The van der Waals surface area contributed by atoms with Gasteiger partial charge in [-0.2, -0.15) is 4.98 Å². The molecule has 37 heavy (non-hydrogen) atoms. The first-order chi connectivity index (χ1) is 18.1. The number of hydrogen-bond acceptors (Lipinski definition) is 9. The number of morpholine rings is 1. The van der Waals surface area contributed by atoms with E-state index < -0.39 is 0 Å². The fourth-order valence-electron chi connectivity index (χ4n) is 4.44. The van der Waals surface area contributed by atoms with Crippen molar-refractivity contribution in [1.29, 1.82) is 0 Å². The molecule has 0 unspecified atom stereocenters. The van der Waals surface area contributed by atoms with Gasteiger partial charge in [0.05, 0.1) is 13.2 Å². The van der Waals surface area contributed by atoms with Gasteiger partial charge in [-0.3, -0.25) is 0 Å². The Hall–Kier alpha value is -2.93. The van der Waals surface area contributed by atoms with Crippen LogP contribution in [-0.4, -0.2) is 71.1 Å². The average molecular weight is 542 g/mol. The zero-order valence-corrected chi connectivity index (χ0v) is 21.9. The Bertz CT molecular complexity index is 1190. The van der Waals surface area contributed by atoms with Crippen molar-refractivity contribution in [1.82, 2.24) is 25.3 Å². The Kier molecular flexibility index (Phi) is 8.39. The highest BCUT2D eigenvalue weighted by Gasteiger charge is 2.34. The van der Waals surface area contributed by atoms with Gasteiger partial charge in [0.25, 0.3) is 0 Å². The summed E-state index contributed by atoms with van der Waals surface area (Å²) in [6, 6.07) is 10.4. The molecule has 194 valence electrons. The number of benzene rings is 1.